The molecule has 21 heavy (non-hydrogen) atoms. The first-order valence-corrected chi connectivity index (χ1v) is 7.60. The summed E-state index contributed by atoms with van der Waals surface area (Å²) in [5, 5.41) is 3.10. The third kappa shape index (κ3) is 6.61. The lowest BCUT2D eigenvalue weighted by Gasteiger charge is -2.28. The molecule has 0 radical (unpaired) electrons. The van der Waals surface area contributed by atoms with E-state index in [0.29, 0.717) is 5.92 Å². The van der Waals surface area contributed by atoms with Gasteiger partial charge in [-0.2, -0.15) is 0 Å². The molecule has 0 fully saturated rings. The molecule has 2 nitrogen and oxygen atoms in total. The Labute approximate surface area is 130 Å². The summed E-state index contributed by atoms with van der Waals surface area (Å²) in [6.07, 6.45) is 9.98. The van der Waals surface area contributed by atoms with Crippen LogP contribution in [-0.4, -0.2) is 11.9 Å². The monoisotopic (exact) mass is 289 g/mol. The predicted octanol–water partition coefficient (Wildman–Crippen LogP) is 4.81. The maximum Gasteiger partial charge on any atom is 0.229 e. The SMILES string of the molecule is C=C(C)C(NC(=O)C(C)(C)C=CC(C=CC)=CC)C(C)C. The Kier molecular flexibility index (Phi) is 8.01. The minimum absolute atomic E-state index is 0.0156. The first kappa shape index (κ1) is 19.4. The quantitative estimate of drug-likeness (QED) is 0.529. The summed E-state index contributed by atoms with van der Waals surface area (Å²) in [6, 6.07) is 0.0156. The lowest BCUT2D eigenvalue weighted by atomic mass is 9.89. The number of hydrogen-bond donors (Lipinski definition) is 1. The van der Waals surface area contributed by atoms with E-state index in [4.69, 9.17) is 0 Å². The number of amides is 1. The van der Waals surface area contributed by atoms with E-state index < -0.39 is 5.41 Å². The molecule has 1 N–H and O–H groups in total. The molecule has 1 atom stereocenters. The molecule has 0 aromatic carbocycles. The van der Waals surface area contributed by atoms with E-state index in [0.717, 1.165) is 11.1 Å². The highest BCUT2D eigenvalue weighted by molar-refractivity contribution is 5.84. The molecule has 0 bridgehead atoms. The van der Waals surface area contributed by atoms with Crippen molar-refractivity contribution in [3.8, 4) is 0 Å². The summed E-state index contributed by atoms with van der Waals surface area (Å²) < 4.78 is 0. The summed E-state index contributed by atoms with van der Waals surface area (Å²) in [5.41, 5.74) is 1.53. The fourth-order valence-electron chi connectivity index (χ4n) is 2.01. The van der Waals surface area contributed by atoms with Crippen LogP contribution in [0.1, 0.15) is 48.5 Å². The van der Waals surface area contributed by atoms with Crippen LogP contribution in [0, 0.1) is 11.3 Å². The van der Waals surface area contributed by atoms with Crippen molar-refractivity contribution in [3.05, 3.63) is 48.1 Å². The molecule has 0 spiro atoms. The lowest BCUT2D eigenvalue weighted by molar-refractivity contribution is -0.127. The third-order valence-corrected chi connectivity index (χ3v) is 3.45. The van der Waals surface area contributed by atoms with Gasteiger partial charge >= 0.3 is 0 Å². The van der Waals surface area contributed by atoms with Crippen LogP contribution in [0.5, 0.6) is 0 Å². The van der Waals surface area contributed by atoms with Crippen LogP contribution >= 0.6 is 0 Å². The highest BCUT2D eigenvalue weighted by Crippen LogP contribution is 2.21. The second kappa shape index (κ2) is 8.66. The highest BCUT2D eigenvalue weighted by Gasteiger charge is 2.27. The van der Waals surface area contributed by atoms with Crippen LogP contribution in [0.3, 0.4) is 0 Å². The summed E-state index contributed by atoms with van der Waals surface area (Å²) in [7, 11) is 0. The molecule has 0 aromatic rings. The van der Waals surface area contributed by atoms with Crippen molar-refractivity contribution < 1.29 is 4.79 Å². The van der Waals surface area contributed by atoms with E-state index >= 15 is 0 Å². The van der Waals surface area contributed by atoms with E-state index in [-0.39, 0.29) is 11.9 Å². The van der Waals surface area contributed by atoms with Crippen molar-refractivity contribution in [2.75, 3.05) is 0 Å². The first-order chi connectivity index (χ1) is 9.65. The Morgan fingerprint density at radius 1 is 1.19 bits per heavy atom. The second-order valence-electron chi connectivity index (χ2n) is 6.39. The van der Waals surface area contributed by atoms with Crippen LogP contribution in [0.4, 0.5) is 0 Å². The number of carbonyl (C=O) groups excluding carboxylic acids is 1. The fourth-order valence-corrected chi connectivity index (χ4v) is 2.01. The minimum atomic E-state index is -0.557. The zero-order valence-electron chi connectivity index (χ0n) is 14.7. The fraction of sp³-hybridized carbons (Fsp3) is 0.526. The van der Waals surface area contributed by atoms with Crippen molar-refractivity contribution in [1.82, 2.24) is 5.32 Å². The largest absolute Gasteiger partial charge is 0.349 e. The zero-order valence-corrected chi connectivity index (χ0v) is 14.7. The van der Waals surface area contributed by atoms with Gasteiger partial charge in [0, 0.05) is 0 Å². The van der Waals surface area contributed by atoms with Crippen LogP contribution in [0.15, 0.2) is 48.1 Å². The standard InChI is InChI=1S/C19H31NO/c1-9-11-16(10-2)12-13-19(7,8)18(21)20-17(14(3)4)15(5)6/h9-13,15,17H,3H2,1-2,4-8H3,(H,20,21). The van der Waals surface area contributed by atoms with E-state index in [1.807, 2.05) is 65.0 Å². The number of carbonyl (C=O) groups is 1. The van der Waals surface area contributed by atoms with Gasteiger partial charge in [0.1, 0.15) is 0 Å². The lowest BCUT2D eigenvalue weighted by Crippen LogP contribution is -2.45. The summed E-state index contributed by atoms with van der Waals surface area (Å²) >= 11 is 0. The van der Waals surface area contributed by atoms with Gasteiger partial charge in [0.05, 0.1) is 11.5 Å². The molecule has 0 aliphatic carbocycles. The highest BCUT2D eigenvalue weighted by atomic mass is 16.2. The van der Waals surface area contributed by atoms with Gasteiger partial charge in [-0.1, -0.05) is 56.4 Å². The van der Waals surface area contributed by atoms with Crippen LogP contribution in [0.2, 0.25) is 0 Å². The number of rotatable bonds is 7. The van der Waals surface area contributed by atoms with E-state index in [9.17, 15) is 4.79 Å². The Balaban J connectivity index is 5.03. The molecule has 0 aromatic heterocycles. The van der Waals surface area contributed by atoms with Crippen molar-refractivity contribution in [2.45, 2.75) is 54.5 Å². The maximum absolute atomic E-state index is 12.5. The second-order valence-corrected chi connectivity index (χ2v) is 6.39. The Morgan fingerprint density at radius 3 is 2.14 bits per heavy atom. The normalized spacial score (nSPS) is 15.0. The molecule has 0 aliphatic heterocycles. The average Bonchev–Trinajstić information content (AvgIpc) is 2.39. The molecular weight excluding hydrogens is 258 g/mol. The third-order valence-electron chi connectivity index (χ3n) is 3.45. The zero-order chi connectivity index (χ0) is 16.6. The minimum Gasteiger partial charge on any atom is -0.349 e. The molecular formula is C19H31NO. The number of hydrogen-bond acceptors (Lipinski definition) is 1. The van der Waals surface area contributed by atoms with Crippen molar-refractivity contribution >= 4 is 5.91 Å². The van der Waals surface area contributed by atoms with Crippen molar-refractivity contribution in [1.29, 1.82) is 0 Å². The van der Waals surface area contributed by atoms with Crippen LogP contribution < -0.4 is 5.32 Å². The van der Waals surface area contributed by atoms with Crippen molar-refractivity contribution in [2.24, 2.45) is 11.3 Å². The summed E-state index contributed by atoms with van der Waals surface area (Å²) in [5.74, 6) is 0.358. The summed E-state index contributed by atoms with van der Waals surface area (Å²) in [6.45, 7) is 17.9. The Morgan fingerprint density at radius 2 is 1.76 bits per heavy atom. The van der Waals surface area contributed by atoms with Crippen molar-refractivity contribution in [3.63, 3.8) is 0 Å². The maximum atomic E-state index is 12.5. The molecule has 0 rings (SSSR count). The van der Waals surface area contributed by atoms with Gasteiger partial charge in [-0.25, -0.2) is 0 Å². The van der Waals surface area contributed by atoms with Gasteiger partial charge in [-0.3, -0.25) is 4.79 Å². The molecule has 0 aliphatic rings. The van der Waals surface area contributed by atoms with Gasteiger partial charge in [-0.05, 0) is 46.1 Å². The van der Waals surface area contributed by atoms with Crippen LogP contribution in [-0.2, 0) is 4.79 Å². The number of nitrogens with one attached hydrogen (secondary N) is 1. The average molecular weight is 289 g/mol. The first-order valence-electron chi connectivity index (χ1n) is 7.60. The smallest absolute Gasteiger partial charge is 0.229 e. The molecule has 118 valence electrons. The Hall–Kier alpha value is -1.57. The predicted molar refractivity (Wildman–Crippen MR) is 93.1 cm³/mol. The molecule has 0 saturated carbocycles. The van der Waals surface area contributed by atoms with E-state index in [1.54, 1.807) is 0 Å². The molecule has 1 amide bonds. The topological polar surface area (TPSA) is 29.1 Å². The number of allylic oxidation sites excluding steroid dienone is 5. The Bertz CT molecular complexity index is 450. The van der Waals surface area contributed by atoms with Gasteiger partial charge < -0.3 is 5.32 Å². The molecule has 0 heterocycles. The molecule has 1 unspecified atom stereocenters. The van der Waals surface area contributed by atoms with Gasteiger partial charge in [0.25, 0.3) is 0 Å². The van der Waals surface area contributed by atoms with Crippen LogP contribution in [0.25, 0.3) is 0 Å². The molecule has 2 heteroatoms. The summed E-state index contributed by atoms with van der Waals surface area (Å²) in [4.78, 5) is 12.5. The van der Waals surface area contributed by atoms with Gasteiger partial charge in [0.2, 0.25) is 5.91 Å². The van der Waals surface area contributed by atoms with Gasteiger partial charge in [0.15, 0.2) is 0 Å². The van der Waals surface area contributed by atoms with Gasteiger partial charge in [-0.15, -0.1) is 0 Å². The molecule has 0 saturated heterocycles. The van der Waals surface area contributed by atoms with E-state index in [2.05, 4.69) is 25.7 Å². The van der Waals surface area contributed by atoms with E-state index in [1.165, 1.54) is 0 Å².